The van der Waals surface area contributed by atoms with Crippen LogP contribution in [-0.4, -0.2) is 21.0 Å². The van der Waals surface area contributed by atoms with Crippen molar-refractivity contribution in [1.82, 2.24) is 9.97 Å². The number of aromatic carboxylic acids is 1. The molecular weight excluding hydrogens is 334 g/mol. The second-order valence-corrected chi connectivity index (χ2v) is 5.06. The van der Waals surface area contributed by atoms with Gasteiger partial charge in [0, 0.05) is 9.50 Å². The first kappa shape index (κ1) is 13.8. The molecule has 1 aromatic heterocycles. The highest BCUT2D eigenvalue weighted by molar-refractivity contribution is 9.10. The Morgan fingerprint density at radius 3 is 2.84 bits per heavy atom. The molecule has 0 radical (unpaired) electrons. The van der Waals surface area contributed by atoms with E-state index in [1.165, 1.54) is 12.4 Å². The summed E-state index contributed by atoms with van der Waals surface area (Å²) in [5.41, 5.74) is 1.50. The summed E-state index contributed by atoms with van der Waals surface area (Å²) in [6.07, 6.45) is 2.62. The van der Waals surface area contributed by atoms with Gasteiger partial charge in [-0.25, -0.2) is 9.78 Å². The summed E-state index contributed by atoms with van der Waals surface area (Å²) in [4.78, 5) is 18.6. The molecule has 0 fully saturated rings. The first-order valence-electron chi connectivity index (χ1n) is 5.25. The van der Waals surface area contributed by atoms with Crippen molar-refractivity contribution in [1.29, 1.82) is 0 Å². The maximum atomic E-state index is 10.8. The lowest BCUT2D eigenvalue weighted by atomic mass is 10.2. The van der Waals surface area contributed by atoms with E-state index < -0.39 is 5.97 Å². The van der Waals surface area contributed by atoms with Gasteiger partial charge in [-0.15, -0.1) is 0 Å². The molecule has 7 heteroatoms. The van der Waals surface area contributed by atoms with Gasteiger partial charge in [-0.2, -0.15) is 0 Å². The zero-order chi connectivity index (χ0) is 14.0. The summed E-state index contributed by atoms with van der Waals surface area (Å²) in [7, 11) is 0. The molecule has 0 bridgehead atoms. The molecule has 0 aliphatic rings. The van der Waals surface area contributed by atoms with E-state index in [0.717, 1.165) is 10.0 Å². The monoisotopic (exact) mass is 341 g/mol. The summed E-state index contributed by atoms with van der Waals surface area (Å²) < 4.78 is 0.803. The van der Waals surface area contributed by atoms with Crippen LogP contribution in [0, 0.1) is 6.92 Å². The van der Waals surface area contributed by atoms with Gasteiger partial charge in [0.05, 0.1) is 18.1 Å². The number of rotatable bonds is 3. The van der Waals surface area contributed by atoms with Crippen molar-refractivity contribution in [3.63, 3.8) is 0 Å². The molecule has 5 nitrogen and oxygen atoms in total. The van der Waals surface area contributed by atoms with Crippen LogP contribution < -0.4 is 5.32 Å². The highest BCUT2D eigenvalue weighted by Crippen LogP contribution is 2.30. The third-order valence-electron chi connectivity index (χ3n) is 2.36. The minimum atomic E-state index is -1.13. The predicted octanol–water partition coefficient (Wildman–Crippen LogP) is 3.64. The Hall–Kier alpha value is -1.66. The Labute approximate surface area is 122 Å². The standard InChI is InChI=1S/C12H9BrClN3O2/c1-6-2-7(13)9(3-8(6)14)16-11-5-15-4-10(17-11)12(18)19/h2-5H,1H3,(H,16,17)(H,18,19). The van der Waals surface area contributed by atoms with Gasteiger partial charge < -0.3 is 10.4 Å². The first-order valence-corrected chi connectivity index (χ1v) is 6.42. The molecule has 0 saturated heterocycles. The molecule has 0 saturated carbocycles. The smallest absolute Gasteiger partial charge is 0.356 e. The molecule has 1 heterocycles. The topological polar surface area (TPSA) is 75.1 Å². The van der Waals surface area contributed by atoms with Gasteiger partial charge >= 0.3 is 5.97 Å². The van der Waals surface area contributed by atoms with E-state index in [0.29, 0.717) is 16.5 Å². The molecule has 2 aromatic rings. The van der Waals surface area contributed by atoms with Crippen molar-refractivity contribution >= 4 is 45.0 Å². The zero-order valence-electron chi connectivity index (χ0n) is 9.82. The fraction of sp³-hybridized carbons (Fsp3) is 0.0833. The van der Waals surface area contributed by atoms with Gasteiger partial charge in [0.15, 0.2) is 5.69 Å². The van der Waals surface area contributed by atoms with Crippen LogP contribution in [0.3, 0.4) is 0 Å². The third kappa shape index (κ3) is 3.21. The Balaban J connectivity index is 2.33. The second kappa shape index (κ2) is 5.54. The lowest BCUT2D eigenvalue weighted by Gasteiger charge is -2.10. The van der Waals surface area contributed by atoms with Crippen LogP contribution in [0.5, 0.6) is 0 Å². The molecule has 0 spiro atoms. The number of nitrogens with zero attached hydrogens (tertiary/aromatic N) is 2. The van der Waals surface area contributed by atoms with E-state index in [9.17, 15) is 4.79 Å². The number of halogens is 2. The van der Waals surface area contributed by atoms with Crippen LogP contribution in [0.1, 0.15) is 16.1 Å². The fourth-order valence-corrected chi connectivity index (χ4v) is 2.13. The van der Waals surface area contributed by atoms with E-state index in [1.807, 2.05) is 13.0 Å². The van der Waals surface area contributed by atoms with Crippen LogP contribution in [0.4, 0.5) is 11.5 Å². The highest BCUT2D eigenvalue weighted by Gasteiger charge is 2.09. The van der Waals surface area contributed by atoms with Crippen LogP contribution in [0.15, 0.2) is 29.0 Å². The Bertz CT molecular complexity index is 649. The predicted molar refractivity (Wildman–Crippen MR) is 76.2 cm³/mol. The summed E-state index contributed by atoms with van der Waals surface area (Å²) in [5, 5.41) is 12.4. The maximum absolute atomic E-state index is 10.8. The van der Waals surface area contributed by atoms with Gasteiger partial charge in [0.25, 0.3) is 0 Å². The van der Waals surface area contributed by atoms with Gasteiger partial charge in [-0.05, 0) is 40.5 Å². The van der Waals surface area contributed by atoms with Crippen molar-refractivity contribution < 1.29 is 9.90 Å². The van der Waals surface area contributed by atoms with Crippen LogP contribution in [0.2, 0.25) is 5.02 Å². The number of hydrogen-bond donors (Lipinski definition) is 2. The van der Waals surface area contributed by atoms with Gasteiger partial charge in [-0.3, -0.25) is 4.98 Å². The zero-order valence-corrected chi connectivity index (χ0v) is 12.2. The Morgan fingerprint density at radius 1 is 1.42 bits per heavy atom. The molecule has 0 amide bonds. The van der Waals surface area contributed by atoms with Crippen LogP contribution in [-0.2, 0) is 0 Å². The lowest BCUT2D eigenvalue weighted by molar-refractivity contribution is 0.0690. The SMILES string of the molecule is Cc1cc(Br)c(Nc2cncc(C(=O)O)n2)cc1Cl. The third-order valence-corrected chi connectivity index (χ3v) is 3.43. The minimum absolute atomic E-state index is 0.126. The maximum Gasteiger partial charge on any atom is 0.356 e. The van der Waals surface area contributed by atoms with Crippen molar-refractivity contribution in [3.05, 3.63) is 45.3 Å². The molecule has 0 aliphatic carbocycles. The van der Waals surface area contributed by atoms with Gasteiger partial charge in [-0.1, -0.05) is 11.6 Å². The largest absolute Gasteiger partial charge is 0.476 e. The highest BCUT2D eigenvalue weighted by atomic mass is 79.9. The second-order valence-electron chi connectivity index (χ2n) is 3.80. The minimum Gasteiger partial charge on any atom is -0.476 e. The Kier molecular flexibility index (Phi) is 4.01. The quantitative estimate of drug-likeness (QED) is 0.890. The molecule has 2 N–H and O–H groups in total. The summed E-state index contributed by atoms with van der Waals surface area (Å²) in [5.74, 6) is -0.794. The molecule has 98 valence electrons. The van der Waals surface area contributed by atoms with E-state index in [4.69, 9.17) is 16.7 Å². The number of aryl methyl sites for hydroxylation is 1. The van der Waals surface area contributed by atoms with E-state index in [1.54, 1.807) is 6.07 Å². The normalized spacial score (nSPS) is 10.3. The summed E-state index contributed by atoms with van der Waals surface area (Å²) in [6.45, 7) is 1.89. The molecule has 2 rings (SSSR count). The Morgan fingerprint density at radius 2 is 2.16 bits per heavy atom. The first-order chi connectivity index (χ1) is 8.97. The molecule has 0 aliphatic heterocycles. The van der Waals surface area contributed by atoms with E-state index in [2.05, 4.69) is 31.2 Å². The van der Waals surface area contributed by atoms with E-state index in [-0.39, 0.29) is 5.69 Å². The van der Waals surface area contributed by atoms with Crippen molar-refractivity contribution in [2.24, 2.45) is 0 Å². The van der Waals surface area contributed by atoms with Gasteiger partial charge in [0.2, 0.25) is 0 Å². The number of carboxylic acid groups (broad SMARTS) is 1. The number of carbonyl (C=O) groups is 1. The fourth-order valence-electron chi connectivity index (χ4n) is 1.41. The van der Waals surface area contributed by atoms with Crippen LogP contribution >= 0.6 is 27.5 Å². The van der Waals surface area contributed by atoms with Crippen LogP contribution in [0.25, 0.3) is 0 Å². The van der Waals surface area contributed by atoms with Crippen molar-refractivity contribution in [2.75, 3.05) is 5.32 Å². The molecule has 19 heavy (non-hydrogen) atoms. The average molecular weight is 343 g/mol. The number of benzene rings is 1. The average Bonchev–Trinajstić information content (AvgIpc) is 2.36. The van der Waals surface area contributed by atoms with Gasteiger partial charge in [0.1, 0.15) is 5.82 Å². The number of nitrogens with one attached hydrogen (secondary N) is 1. The molecule has 0 unspecified atom stereocenters. The number of aromatic nitrogens is 2. The number of carboxylic acids is 1. The summed E-state index contributed by atoms with van der Waals surface area (Å²) in [6, 6.07) is 3.59. The van der Waals surface area contributed by atoms with E-state index >= 15 is 0 Å². The molecule has 0 atom stereocenters. The molecular formula is C12H9BrClN3O2. The summed E-state index contributed by atoms with van der Waals surface area (Å²) >= 11 is 9.44. The number of hydrogen-bond acceptors (Lipinski definition) is 4. The van der Waals surface area contributed by atoms with Crippen molar-refractivity contribution in [3.8, 4) is 0 Å². The molecule has 1 aromatic carbocycles. The van der Waals surface area contributed by atoms with Crippen molar-refractivity contribution in [2.45, 2.75) is 6.92 Å². The number of anilines is 2. The lowest BCUT2D eigenvalue weighted by Crippen LogP contribution is -2.04.